The number of nitrogens with zero attached hydrogens (tertiary/aromatic N) is 2. The summed E-state index contributed by atoms with van der Waals surface area (Å²) in [5.41, 5.74) is 3.84. The third kappa shape index (κ3) is 5.27. The van der Waals surface area contributed by atoms with Crippen LogP contribution >= 0.6 is 11.3 Å². The Morgan fingerprint density at radius 3 is 2.77 bits per heavy atom. The first-order valence-electron chi connectivity index (χ1n) is 10.1. The van der Waals surface area contributed by atoms with Gasteiger partial charge in [-0.3, -0.25) is 9.59 Å². The number of carbonyl (C=O) groups excluding carboxylic acids is 2. The first kappa shape index (κ1) is 23.3. The summed E-state index contributed by atoms with van der Waals surface area (Å²) in [6.07, 6.45) is -4.71. The van der Waals surface area contributed by atoms with Gasteiger partial charge in [0.1, 0.15) is 11.7 Å². The molecule has 11 heteroatoms. The van der Waals surface area contributed by atoms with Crippen molar-refractivity contribution in [2.45, 2.75) is 45.8 Å². The quantitative estimate of drug-likeness (QED) is 0.556. The highest BCUT2D eigenvalue weighted by atomic mass is 32.1. The second-order valence-electron chi connectivity index (χ2n) is 7.47. The molecule has 2 aromatic heterocycles. The van der Waals surface area contributed by atoms with E-state index in [1.54, 1.807) is 0 Å². The number of hydrogen-bond donors (Lipinski definition) is 3. The largest absolute Gasteiger partial charge is 0.390 e. The summed E-state index contributed by atoms with van der Waals surface area (Å²) in [7, 11) is 0. The lowest BCUT2D eigenvalue weighted by Gasteiger charge is -2.35. The van der Waals surface area contributed by atoms with Crippen LogP contribution in [0.4, 0.5) is 18.3 Å². The first-order valence-corrected chi connectivity index (χ1v) is 11.0. The van der Waals surface area contributed by atoms with Gasteiger partial charge in [-0.05, 0) is 25.8 Å². The van der Waals surface area contributed by atoms with Gasteiger partial charge in [0.25, 0.3) is 0 Å². The molecule has 1 aliphatic rings. The van der Waals surface area contributed by atoms with Crippen molar-refractivity contribution in [2.75, 3.05) is 31.1 Å². The smallest absolute Gasteiger partial charge is 0.356 e. The Kier molecular flexibility index (Phi) is 7.05. The number of rotatable bonds is 7. The number of aryl methyl sites for hydroxylation is 1. The highest BCUT2D eigenvalue weighted by Gasteiger charge is 2.32. The van der Waals surface area contributed by atoms with Crippen LogP contribution in [0.25, 0.3) is 11.4 Å². The number of piperazine rings is 1. The second-order valence-corrected chi connectivity index (χ2v) is 8.31. The molecule has 1 amide bonds. The van der Waals surface area contributed by atoms with Crippen LogP contribution in [0.3, 0.4) is 0 Å². The highest BCUT2D eigenvalue weighted by Crippen LogP contribution is 2.33. The number of anilines is 1. The molecule has 3 N–H and O–H groups in total. The molecular weight excluding hydrogens is 431 g/mol. The highest BCUT2D eigenvalue weighted by molar-refractivity contribution is 7.14. The van der Waals surface area contributed by atoms with Crippen LogP contribution in [-0.4, -0.2) is 60.1 Å². The molecule has 1 atom stereocenters. The fraction of sp³-hybridized carbons (Fsp3) is 0.550. The van der Waals surface area contributed by atoms with Crippen molar-refractivity contribution < 1.29 is 22.8 Å². The van der Waals surface area contributed by atoms with Crippen molar-refractivity contribution in [1.82, 2.24) is 20.6 Å². The summed E-state index contributed by atoms with van der Waals surface area (Å²) >= 11 is 1.36. The molecule has 0 radical (unpaired) electrons. The van der Waals surface area contributed by atoms with Crippen LogP contribution in [0, 0.1) is 6.92 Å². The number of ketones is 1. The lowest BCUT2D eigenvalue weighted by atomic mass is 10.0. The number of hydrogen-bond acceptors (Lipinski definition) is 6. The Labute approximate surface area is 182 Å². The molecule has 7 nitrogen and oxygen atoms in total. The van der Waals surface area contributed by atoms with Crippen molar-refractivity contribution in [3.05, 3.63) is 22.2 Å². The Balaban J connectivity index is 1.81. The molecule has 0 saturated carbocycles. The van der Waals surface area contributed by atoms with Crippen molar-refractivity contribution in [1.29, 1.82) is 0 Å². The third-order valence-electron chi connectivity index (χ3n) is 5.24. The molecule has 170 valence electrons. The number of aromatic nitrogens is 2. The molecule has 31 heavy (non-hydrogen) atoms. The molecule has 3 heterocycles. The van der Waals surface area contributed by atoms with Gasteiger partial charge in [0.2, 0.25) is 5.91 Å². The van der Waals surface area contributed by atoms with E-state index in [1.807, 2.05) is 24.1 Å². The van der Waals surface area contributed by atoms with Gasteiger partial charge in [-0.1, -0.05) is 6.92 Å². The number of halogens is 3. The Hall–Kier alpha value is -2.40. The first-order chi connectivity index (χ1) is 14.6. The number of alkyl halides is 3. The molecule has 0 spiro atoms. The number of H-pyrrole nitrogens is 1. The Morgan fingerprint density at radius 2 is 2.13 bits per heavy atom. The number of Topliss-reactive ketones (excluding diaryl/α,β-unsaturated/α-hetero) is 1. The van der Waals surface area contributed by atoms with Crippen molar-refractivity contribution in [2.24, 2.45) is 0 Å². The van der Waals surface area contributed by atoms with Crippen LogP contribution in [0.2, 0.25) is 0 Å². The molecule has 0 bridgehead atoms. The number of nitrogens with one attached hydrogen (secondary N) is 3. The summed E-state index contributed by atoms with van der Waals surface area (Å²) in [5, 5.41) is 7.97. The minimum absolute atomic E-state index is 0.00926. The molecule has 1 unspecified atom stereocenters. The second kappa shape index (κ2) is 9.39. The molecule has 1 fully saturated rings. The lowest BCUT2D eigenvalue weighted by Crippen LogP contribution is -2.58. The van der Waals surface area contributed by atoms with E-state index in [2.05, 4.69) is 15.6 Å². The van der Waals surface area contributed by atoms with Crippen LogP contribution in [0.1, 0.15) is 41.9 Å². The zero-order valence-electron chi connectivity index (χ0n) is 17.7. The zero-order valence-corrected chi connectivity index (χ0v) is 18.5. The Morgan fingerprint density at radius 1 is 1.39 bits per heavy atom. The van der Waals surface area contributed by atoms with E-state index in [4.69, 9.17) is 4.98 Å². The predicted octanol–water partition coefficient (Wildman–Crippen LogP) is 3.06. The molecular formula is C20H26F3N5O2S. The van der Waals surface area contributed by atoms with E-state index in [-0.39, 0.29) is 5.78 Å². The van der Waals surface area contributed by atoms with E-state index in [1.165, 1.54) is 18.3 Å². The molecule has 2 aromatic rings. The van der Waals surface area contributed by atoms with E-state index in [0.717, 1.165) is 17.0 Å². The minimum Gasteiger partial charge on any atom is -0.356 e. The number of thiazole rings is 1. The number of amides is 1. The maximum atomic E-state index is 12.5. The molecule has 0 aromatic carbocycles. The van der Waals surface area contributed by atoms with Crippen LogP contribution in [-0.2, 0) is 11.2 Å². The molecule has 0 aliphatic carbocycles. The standard InChI is InChI=1S/C20H26F3N5O2S/c1-4-13-16(12(3)29)11(2)26-17(13)14-10-31-19(27-14)28-8-7-24-9-15(28)18(30)25-6-5-20(21,22)23/h10,15,24,26H,4-9H2,1-3H3,(H,25,30). The van der Waals surface area contributed by atoms with Gasteiger partial charge in [-0.15, -0.1) is 11.3 Å². The van der Waals surface area contributed by atoms with Gasteiger partial charge in [0, 0.05) is 42.8 Å². The van der Waals surface area contributed by atoms with Gasteiger partial charge in [0.15, 0.2) is 10.9 Å². The van der Waals surface area contributed by atoms with Gasteiger partial charge >= 0.3 is 6.18 Å². The lowest BCUT2D eigenvalue weighted by molar-refractivity contribution is -0.135. The van der Waals surface area contributed by atoms with E-state index in [9.17, 15) is 22.8 Å². The van der Waals surface area contributed by atoms with Crippen molar-refractivity contribution in [3.63, 3.8) is 0 Å². The third-order valence-corrected chi connectivity index (χ3v) is 6.12. The molecule has 3 rings (SSSR count). The number of aromatic amines is 1. The van der Waals surface area contributed by atoms with E-state index < -0.39 is 31.1 Å². The normalized spacial score (nSPS) is 17.1. The zero-order chi connectivity index (χ0) is 22.8. The maximum Gasteiger partial charge on any atom is 0.390 e. The average molecular weight is 458 g/mol. The minimum atomic E-state index is -4.31. The molecule has 1 aliphatic heterocycles. The fourth-order valence-corrected chi connectivity index (χ4v) is 4.74. The average Bonchev–Trinajstić information content (AvgIpc) is 3.31. The fourth-order valence-electron chi connectivity index (χ4n) is 3.85. The van der Waals surface area contributed by atoms with Gasteiger partial charge in [-0.25, -0.2) is 4.98 Å². The van der Waals surface area contributed by atoms with Gasteiger partial charge < -0.3 is 20.5 Å². The van der Waals surface area contributed by atoms with Crippen molar-refractivity contribution in [3.8, 4) is 11.4 Å². The monoisotopic (exact) mass is 457 g/mol. The predicted molar refractivity (Wildman–Crippen MR) is 114 cm³/mol. The van der Waals surface area contributed by atoms with E-state index in [0.29, 0.717) is 42.4 Å². The van der Waals surface area contributed by atoms with Gasteiger partial charge in [0.05, 0.1) is 12.1 Å². The van der Waals surface area contributed by atoms with Crippen LogP contribution in [0.5, 0.6) is 0 Å². The Bertz CT molecular complexity index is 953. The van der Waals surface area contributed by atoms with E-state index >= 15 is 0 Å². The maximum absolute atomic E-state index is 12.5. The topological polar surface area (TPSA) is 90.1 Å². The SMILES string of the molecule is CCc1c(-c2csc(N3CCNCC3C(=O)NCCC(F)(F)F)n2)[nH]c(C)c1C(C)=O. The number of carbonyl (C=O) groups is 2. The summed E-state index contributed by atoms with van der Waals surface area (Å²) in [6, 6.07) is -0.648. The van der Waals surface area contributed by atoms with Crippen molar-refractivity contribution >= 4 is 28.2 Å². The summed E-state index contributed by atoms with van der Waals surface area (Å²) in [5.74, 6) is -0.470. The summed E-state index contributed by atoms with van der Waals surface area (Å²) in [6.45, 7) is 6.38. The van der Waals surface area contributed by atoms with Crippen LogP contribution < -0.4 is 15.5 Å². The summed E-state index contributed by atoms with van der Waals surface area (Å²) < 4.78 is 37.2. The molecule has 1 saturated heterocycles. The summed E-state index contributed by atoms with van der Waals surface area (Å²) in [4.78, 5) is 34.4. The van der Waals surface area contributed by atoms with Gasteiger partial charge in [-0.2, -0.15) is 13.2 Å². The van der Waals surface area contributed by atoms with Crippen LogP contribution in [0.15, 0.2) is 5.38 Å².